The Hall–Kier alpha value is -1.87. The highest BCUT2D eigenvalue weighted by atomic mass is 32.2. The molecule has 9 heteroatoms. The molecular weight excluding hydrogens is 342 g/mol. The summed E-state index contributed by atoms with van der Waals surface area (Å²) < 4.78 is 0. The van der Waals surface area contributed by atoms with Crippen LogP contribution >= 0.6 is 11.8 Å². The molecule has 0 aliphatic carbocycles. The van der Waals surface area contributed by atoms with Crippen LogP contribution in [0, 0.1) is 5.92 Å². The van der Waals surface area contributed by atoms with Gasteiger partial charge in [-0.05, 0) is 32.1 Å². The van der Waals surface area contributed by atoms with Gasteiger partial charge >= 0.3 is 0 Å². The molecule has 2 amide bonds. The van der Waals surface area contributed by atoms with Gasteiger partial charge in [-0.25, -0.2) is 4.98 Å². The van der Waals surface area contributed by atoms with Crippen molar-refractivity contribution in [3.8, 4) is 0 Å². The second-order valence-electron chi connectivity index (χ2n) is 5.98. The van der Waals surface area contributed by atoms with Gasteiger partial charge in [-0.1, -0.05) is 6.92 Å². The molecule has 0 saturated carbocycles. The Morgan fingerprint density at radius 1 is 1.28 bits per heavy atom. The van der Waals surface area contributed by atoms with E-state index in [-0.39, 0.29) is 30.7 Å². The van der Waals surface area contributed by atoms with Crippen LogP contribution < -0.4 is 16.0 Å². The molecule has 4 N–H and O–H groups in total. The first-order valence-electron chi connectivity index (χ1n) is 8.15. The third-order valence-corrected chi connectivity index (χ3v) is 4.17. The Balaban J connectivity index is 2.17. The second-order valence-corrected chi connectivity index (χ2v) is 6.89. The number of amides is 2. The molecule has 140 valence electrons. The number of hydrogen-bond donors (Lipinski definition) is 4. The maximum Gasteiger partial charge on any atom is 0.240 e. The molecule has 0 fully saturated rings. The van der Waals surface area contributed by atoms with Gasteiger partial charge in [0.1, 0.15) is 0 Å². The molecule has 0 aliphatic heterocycles. The molecule has 1 aromatic heterocycles. The lowest BCUT2D eigenvalue weighted by Crippen LogP contribution is -2.47. The number of imidazole rings is 1. The van der Waals surface area contributed by atoms with Crippen molar-refractivity contribution >= 4 is 29.4 Å². The number of rotatable bonds is 12. The summed E-state index contributed by atoms with van der Waals surface area (Å²) in [7, 11) is 0. The summed E-state index contributed by atoms with van der Waals surface area (Å²) in [4.78, 5) is 41.9. The van der Waals surface area contributed by atoms with Crippen molar-refractivity contribution < 1.29 is 14.4 Å². The first-order chi connectivity index (χ1) is 11.9. The van der Waals surface area contributed by atoms with Crippen LogP contribution in [-0.2, 0) is 20.8 Å². The summed E-state index contributed by atoms with van der Waals surface area (Å²) >= 11 is 1.48. The van der Waals surface area contributed by atoms with E-state index in [9.17, 15) is 14.4 Å². The van der Waals surface area contributed by atoms with E-state index in [1.807, 2.05) is 6.26 Å². The monoisotopic (exact) mass is 369 g/mol. The van der Waals surface area contributed by atoms with Crippen molar-refractivity contribution in [3.63, 3.8) is 0 Å². The van der Waals surface area contributed by atoms with Gasteiger partial charge in [0.05, 0.1) is 25.5 Å². The smallest absolute Gasteiger partial charge is 0.240 e. The van der Waals surface area contributed by atoms with Crippen molar-refractivity contribution in [1.82, 2.24) is 25.9 Å². The van der Waals surface area contributed by atoms with Crippen molar-refractivity contribution in [1.29, 1.82) is 0 Å². The van der Waals surface area contributed by atoms with Gasteiger partial charge < -0.3 is 20.9 Å². The van der Waals surface area contributed by atoms with E-state index in [0.29, 0.717) is 18.2 Å². The van der Waals surface area contributed by atoms with Crippen LogP contribution in [0.1, 0.15) is 19.5 Å². The molecule has 0 aromatic carbocycles. The van der Waals surface area contributed by atoms with Gasteiger partial charge in [0, 0.05) is 17.6 Å². The Kier molecular flexibility index (Phi) is 9.86. The highest BCUT2D eigenvalue weighted by molar-refractivity contribution is 7.98. The van der Waals surface area contributed by atoms with Gasteiger partial charge in [-0.15, -0.1) is 0 Å². The molecule has 0 saturated heterocycles. The number of aromatic nitrogens is 2. The van der Waals surface area contributed by atoms with Crippen LogP contribution in [0.2, 0.25) is 0 Å². The normalized spacial score (nSPS) is 13.1. The molecule has 0 spiro atoms. The second kappa shape index (κ2) is 11.6. The predicted octanol–water partition coefficient (Wildman–Crippen LogP) is -0.269. The lowest BCUT2D eigenvalue weighted by atomic mass is 10.1. The van der Waals surface area contributed by atoms with Gasteiger partial charge in [0.2, 0.25) is 11.8 Å². The van der Waals surface area contributed by atoms with E-state index in [4.69, 9.17) is 0 Å². The third kappa shape index (κ3) is 9.25. The van der Waals surface area contributed by atoms with Crippen LogP contribution in [0.25, 0.3) is 0 Å². The zero-order valence-electron chi connectivity index (χ0n) is 14.9. The number of hydrogen-bond acceptors (Lipinski definition) is 6. The largest absolute Gasteiger partial charge is 0.348 e. The molecule has 0 bridgehead atoms. The van der Waals surface area contributed by atoms with Gasteiger partial charge in [-0.3, -0.25) is 14.4 Å². The first-order valence-corrected chi connectivity index (χ1v) is 9.55. The van der Waals surface area contributed by atoms with E-state index < -0.39 is 6.04 Å². The van der Waals surface area contributed by atoms with Crippen LogP contribution in [-0.4, -0.2) is 65.3 Å². The summed E-state index contributed by atoms with van der Waals surface area (Å²) in [6.07, 6.45) is 6.14. The van der Waals surface area contributed by atoms with Crippen LogP contribution in [0.3, 0.4) is 0 Å². The highest BCUT2D eigenvalue weighted by Crippen LogP contribution is 2.03. The Bertz CT molecular complexity index is 550. The molecule has 25 heavy (non-hydrogen) atoms. The Morgan fingerprint density at radius 2 is 2.04 bits per heavy atom. The summed E-state index contributed by atoms with van der Waals surface area (Å²) in [5.74, 6) is 0.148. The number of aromatic amines is 1. The molecule has 0 unspecified atom stereocenters. The van der Waals surface area contributed by atoms with E-state index in [1.165, 1.54) is 18.7 Å². The molecular formula is C16H27N5O3S. The number of carbonyl (C=O) groups excluding carboxylic acids is 3. The van der Waals surface area contributed by atoms with E-state index in [2.05, 4.69) is 32.8 Å². The molecule has 8 nitrogen and oxygen atoms in total. The summed E-state index contributed by atoms with van der Waals surface area (Å²) in [6.45, 7) is 4.20. The average Bonchev–Trinajstić information content (AvgIpc) is 3.05. The maximum atomic E-state index is 11.8. The van der Waals surface area contributed by atoms with Crippen LogP contribution in [0.4, 0.5) is 0 Å². The number of thioether (sulfide) groups is 1. The number of carbonyl (C=O) groups is 3. The fraction of sp³-hybridized carbons (Fsp3) is 0.625. The van der Waals surface area contributed by atoms with Crippen molar-refractivity contribution in [2.45, 2.75) is 26.3 Å². The molecule has 1 heterocycles. The third-order valence-electron chi connectivity index (χ3n) is 3.51. The standard InChI is InChI=1S/C16H27N5O3S/c1-11(4-13-6-18-10-20-13)5-17-7-15(23)19-8-16(24)21-14(9-25-3)12(2)22/h6,10-11,14,17H,4-5,7-9H2,1-3H3,(H,18,20)(H,19,23)(H,21,24)/t11-,14-/m0/s1. The lowest BCUT2D eigenvalue weighted by molar-refractivity contribution is -0.127. The van der Waals surface area contributed by atoms with Gasteiger partial charge in [0.25, 0.3) is 0 Å². The zero-order chi connectivity index (χ0) is 18.7. The van der Waals surface area contributed by atoms with E-state index >= 15 is 0 Å². The molecule has 2 atom stereocenters. The van der Waals surface area contributed by atoms with Gasteiger partial charge in [-0.2, -0.15) is 11.8 Å². The molecule has 1 rings (SSSR count). The topological polar surface area (TPSA) is 116 Å². The maximum absolute atomic E-state index is 11.8. The summed E-state index contributed by atoms with van der Waals surface area (Å²) in [5, 5.41) is 8.22. The number of H-pyrrole nitrogens is 1. The minimum Gasteiger partial charge on any atom is -0.348 e. The van der Waals surface area contributed by atoms with E-state index in [1.54, 1.807) is 12.5 Å². The average molecular weight is 369 g/mol. The summed E-state index contributed by atoms with van der Waals surface area (Å²) in [5.41, 5.74) is 1.06. The van der Waals surface area contributed by atoms with Crippen LogP contribution in [0.5, 0.6) is 0 Å². The fourth-order valence-corrected chi connectivity index (χ4v) is 2.84. The van der Waals surface area contributed by atoms with E-state index in [0.717, 1.165) is 12.1 Å². The Labute approximate surface area is 152 Å². The SMILES string of the molecule is CSC[C@H](NC(=O)CNC(=O)CNC[C@@H](C)Cc1cnc[nH]1)C(C)=O. The minimum absolute atomic E-state index is 0.0954. The number of Topliss-reactive ketones (excluding diaryl/α,β-unsaturated/α-hetero) is 1. The quantitative estimate of drug-likeness (QED) is 0.403. The molecule has 0 radical (unpaired) electrons. The van der Waals surface area contributed by atoms with Gasteiger partial charge in [0.15, 0.2) is 5.78 Å². The highest BCUT2D eigenvalue weighted by Gasteiger charge is 2.16. The van der Waals surface area contributed by atoms with Crippen molar-refractivity contribution in [2.24, 2.45) is 5.92 Å². The zero-order valence-corrected chi connectivity index (χ0v) is 15.7. The number of nitrogens with zero attached hydrogens (tertiary/aromatic N) is 1. The summed E-state index contributed by atoms with van der Waals surface area (Å²) in [6, 6.07) is -0.513. The minimum atomic E-state index is -0.513. The number of ketones is 1. The lowest BCUT2D eigenvalue weighted by Gasteiger charge is -2.15. The van der Waals surface area contributed by atoms with Crippen LogP contribution in [0.15, 0.2) is 12.5 Å². The van der Waals surface area contributed by atoms with Crippen molar-refractivity contribution in [2.75, 3.05) is 31.6 Å². The molecule has 0 aliphatic rings. The van der Waals surface area contributed by atoms with Crippen molar-refractivity contribution in [3.05, 3.63) is 18.2 Å². The number of nitrogens with one attached hydrogen (secondary N) is 4. The Morgan fingerprint density at radius 3 is 2.64 bits per heavy atom. The fourth-order valence-electron chi connectivity index (χ4n) is 2.19. The molecule has 1 aromatic rings. The predicted molar refractivity (Wildman–Crippen MR) is 98.3 cm³/mol. The first kappa shape index (κ1) is 21.2.